The fourth-order valence-electron chi connectivity index (χ4n) is 3.79. The Morgan fingerprint density at radius 1 is 0.703 bits per heavy atom. The Morgan fingerprint density at radius 2 is 1.14 bits per heavy atom. The maximum Gasteiger partial charge on any atom is 0.232 e. The third-order valence-corrected chi connectivity index (χ3v) is 6.08. The maximum atomic E-state index is 6.03. The number of nitrogens with two attached hydrogens (primary N) is 2. The van der Waals surface area contributed by atoms with E-state index in [1.54, 1.807) is 0 Å². The van der Waals surface area contributed by atoms with Crippen LogP contribution < -0.4 is 22.1 Å². The zero-order chi connectivity index (χ0) is 26.4. The molecular formula is C26H33N11. The van der Waals surface area contributed by atoms with Crippen molar-refractivity contribution in [3.05, 3.63) is 71.3 Å². The quantitative estimate of drug-likeness (QED) is 0.249. The molecule has 0 spiro atoms. The molecule has 0 aliphatic carbocycles. The molecule has 11 heteroatoms. The van der Waals surface area contributed by atoms with Gasteiger partial charge in [0.15, 0.2) is 0 Å². The number of rotatable bonds is 10. The fourth-order valence-corrected chi connectivity index (χ4v) is 3.79. The Labute approximate surface area is 216 Å². The molecule has 2 heterocycles. The molecule has 0 radical (unpaired) electrons. The molecular weight excluding hydrogens is 466 g/mol. The van der Waals surface area contributed by atoms with E-state index < -0.39 is 0 Å². The van der Waals surface area contributed by atoms with Crippen LogP contribution in [0.15, 0.2) is 48.5 Å². The fraction of sp³-hybridized carbons (Fsp3) is 0.308. The van der Waals surface area contributed by atoms with Crippen molar-refractivity contribution in [1.29, 1.82) is 0 Å². The molecule has 2 aromatic carbocycles. The molecule has 37 heavy (non-hydrogen) atoms. The second-order valence-corrected chi connectivity index (χ2v) is 8.91. The van der Waals surface area contributed by atoms with Crippen LogP contribution >= 0.6 is 0 Å². The van der Waals surface area contributed by atoms with Gasteiger partial charge >= 0.3 is 0 Å². The third-order valence-electron chi connectivity index (χ3n) is 6.08. The van der Waals surface area contributed by atoms with Crippen molar-refractivity contribution >= 4 is 35.2 Å². The number of aryl methyl sites for hydroxylation is 2. The van der Waals surface area contributed by atoms with E-state index >= 15 is 0 Å². The van der Waals surface area contributed by atoms with E-state index in [9.17, 15) is 0 Å². The number of aromatic nitrogens is 6. The molecule has 1 atom stereocenters. The number of nitrogen functional groups attached to an aromatic ring is 2. The number of para-hydroxylation sites is 2. The Kier molecular flexibility index (Phi) is 8.04. The van der Waals surface area contributed by atoms with Crippen LogP contribution in [0.3, 0.4) is 0 Å². The minimum absolute atomic E-state index is 0.152. The first kappa shape index (κ1) is 25.7. The number of benzene rings is 2. The van der Waals surface area contributed by atoms with Crippen LogP contribution in [0.2, 0.25) is 0 Å². The van der Waals surface area contributed by atoms with Gasteiger partial charge in [-0.3, -0.25) is 4.90 Å². The number of nitrogens with one attached hydrogen (secondary N) is 2. The SMILES string of the molecule is CC[C@@H](C)N(Cc1nc(N)nc(Nc2ccccc2C)n1)Cc1nc(N)nc(Nc2ccccc2C)n1. The van der Waals surface area contributed by atoms with Gasteiger partial charge in [0.05, 0.1) is 13.1 Å². The molecule has 4 rings (SSSR count). The molecule has 192 valence electrons. The summed E-state index contributed by atoms with van der Waals surface area (Å²) in [6, 6.07) is 16.0. The Morgan fingerprint density at radius 3 is 1.54 bits per heavy atom. The van der Waals surface area contributed by atoms with E-state index in [2.05, 4.69) is 59.3 Å². The summed E-state index contributed by atoms with van der Waals surface area (Å²) in [7, 11) is 0. The molecule has 4 aromatic rings. The molecule has 0 saturated carbocycles. The number of nitrogens with zero attached hydrogens (tertiary/aromatic N) is 7. The first-order valence-corrected chi connectivity index (χ1v) is 12.2. The molecule has 0 saturated heterocycles. The van der Waals surface area contributed by atoms with Crippen molar-refractivity contribution in [2.45, 2.75) is 53.2 Å². The summed E-state index contributed by atoms with van der Waals surface area (Å²) in [5.41, 5.74) is 16.0. The minimum Gasteiger partial charge on any atom is -0.368 e. The topological polar surface area (TPSA) is 157 Å². The summed E-state index contributed by atoms with van der Waals surface area (Å²) in [6.45, 7) is 9.14. The number of hydrogen-bond acceptors (Lipinski definition) is 11. The summed E-state index contributed by atoms with van der Waals surface area (Å²) in [5.74, 6) is 2.19. The third kappa shape index (κ3) is 6.85. The molecule has 0 aliphatic rings. The van der Waals surface area contributed by atoms with Crippen LogP contribution in [0, 0.1) is 13.8 Å². The summed E-state index contributed by atoms with van der Waals surface area (Å²) in [6.07, 6.45) is 0.907. The molecule has 0 aliphatic heterocycles. The lowest BCUT2D eigenvalue weighted by atomic mass is 10.2. The molecule has 11 nitrogen and oxygen atoms in total. The predicted octanol–water partition coefficient (Wildman–Crippen LogP) is 4.13. The normalized spacial score (nSPS) is 11.9. The summed E-state index contributed by atoms with van der Waals surface area (Å²) in [5, 5.41) is 6.49. The van der Waals surface area contributed by atoms with Crippen LogP contribution in [-0.4, -0.2) is 40.8 Å². The van der Waals surface area contributed by atoms with E-state index in [0.29, 0.717) is 36.6 Å². The largest absolute Gasteiger partial charge is 0.368 e. The van der Waals surface area contributed by atoms with Crippen LogP contribution in [0.4, 0.5) is 35.2 Å². The van der Waals surface area contributed by atoms with E-state index in [4.69, 9.17) is 11.5 Å². The van der Waals surface area contributed by atoms with Gasteiger partial charge in [0.25, 0.3) is 0 Å². The standard InChI is InChI=1S/C26H33N11/c1-5-18(4)37(14-21-31-23(27)35-25(33-21)29-19-12-8-6-10-16(19)2)15-22-32-24(28)36-26(34-22)30-20-13-9-7-11-17(20)3/h6-13,18H,5,14-15H2,1-4H3,(H3,27,29,31,33,35)(H3,28,30,32,34,36)/t18-/m1/s1. The number of anilines is 6. The van der Waals surface area contributed by atoms with Crippen molar-refractivity contribution in [2.24, 2.45) is 0 Å². The first-order chi connectivity index (χ1) is 17.8. The van der Waals surface area contributed by atoms with Crippen LogP contribution in [0.1, 0.15) is 43.0 Å². The van der Waals surface area contributed by atoms with Gasteiger partial charge in [-0.05, 0) is 50.5 Å². The van der Waals surface area contributed by atoms with Crippen molar-refractivity contribution in [3.8, 4) is 0 Å². The van der Waals surface area contributed by atoms with E-state index in [1.807, 2.05) is 62.4 Å². The van der Waals surface area contributed by atoms with Gasteiger partial charge in [-0.15, -0.1) is 0 Å². The van der Waals surface area contributed by atoms with Gasteiger partial charge in [-0.25, -0.2) is 0 Å². The lowest BCUT2D eigenvalue weighted by Gasteiger charge is -2.27. The zero-order valence-electron chi connectivity index (χ0n) is 21.6. The zero-order valence-corrected chi connectivity index (χ0v) is 21.6. The average molecular weight is 500 g/mol. The Bertz CT molecular complexity index is 1260. The monoisotopic (exact) mass is 499 g/mol. The number of hydrogen-bond donors (Lipinski definition) is 4. The van der Waals surface area contributed by atoms with Gasteiger partial charge in [0.2, 0.25) is 23.8 Å². The van der Waals surface area contributed by atoms with Gasteiger partial charge < -0.3 is 22.1 Å². The molecule has 2 aromatic heterocycles. The van der Waals surface area contributed by atoms with Crippen molar-refractivity contribution in [2.75, 3.05) is 22.1 Å². The highest BCUT2D eigenvalue weighted by Gasteiger charge is 2.19. The van der Waals surface area contributed by atoms with E-state index in [-0.39, 0.29) is 17.9 Å². The first-order valence-electron chi connectivity index (χ1n) is 12.2. The predicted molar refractivity (Wildman–Crippen MR) is 146 cm³/mol. The van der Waals surface area contributed by atoms with Gasteiger partial charge in [-0.2, -0.15) is 29.9 Å². The van der Waals surface area contributed by atoms with Crippen LogP contribution in [-0.2, 0) is 13.1 Å². The molecule has 0 unspecified atom stereocenters. The highest BCUT2D eigenvalue weighted by Crippen LogP contribution is 2.21. The lowest BCUT2D eigenvalue weighted by molar-refractivity contribution is 0.177. The van der Waals surface area contributed by atoms with Gasteiger partial charge in [0, 0.05) is 17.4 Å². The van der Waals surface area contributed by atoms with E-state index in [0.717, 1.165) is 28.9 Å². The summed E-state index contributed by atoms with van der Waals surface area (Å²) < 4.78 is 0. The average Bonchev–Trinajstić information content (AvgIpc) is 2.85. The smallest absolute Gasteiger partial charge is 0.232 e. The maximum absolute atomic E-state index is 6.03. The van der Waals surface area contributed by atoms with Crippen molar-refractivity contribution in [3.63, 3.8) is 0 Å². The van der Waals surface area contributed by atoms with Crippen molar-refractivity contribution in [1.82, 2.24) is 34.8 Å². The molecule has 0 amide bonds. The summed E-state index contributed by atoms with van der Waals surface area (Å²) >= 11 is 0. The van der Waals surface area contributed by atoms with Crippen LogP contribution in [0.5, 0.6) is 0 Å². The molecule has 6 N–H and O–H groups in total. The minimum atomic E-state index is 0.152. The van der Waals surface area contributed by atoms with Crippen LogP contribution in [0.25, 0.3) is 0 Å². The Balaban J connectivity index is 1.55. The van der Waals surface area contributed by atoms with Gasteiger partial charge in [0.1, 0.15) is 11.6 Å². The van der Waals surface area contributed by atoms with Crippen molar-refractivity contribution < 1.29 is 0 Å². The lowest BCUT2D eigenvalue weighted by Crippen LogP contribution is -2.33. The van der Waals surface area contributed by atoms with Gasteiger partial charge in [-0.1, -0.05) is 43.3 Å². The second kappa shape index (κ2) is 11.6. The second-order valence-electron chi connectivity index (χ2n) is 8.91. The van der Waals surface area contributed by atoms with E-state index in [1.165, 1.54) is 0 Å². The highest BCUT2D eigenvalue weighted by atomic mass is 15.3. The molecule has 0 fully saturated rings. The summed E-state index contributed by atoms with van der Waals surface area (Å²) in [4.78, 5) is 28.7. The molecule has 0 bridgehead atoms. The highest BCUT2D eigenvalue weighted by molar-refractivity contribution is 5.59. The Hall–Kier alpha value is -4.38.